The van der Waals surface area contributed by atoms with E-state index in [2.05, 4.69) is 10.6 Å². The molecule has 2 aliphatic rings. The van der Waals surface area contributed by atoms with Crippen LogP contribution in [0.1, 0.15) is 118 Å². The molecule has 5 amide bonds. The Morgan fingerprint density at radius 2 is 1.46 bits per heavy atom. The number of likely N-dealkylation sites (tertiary alicyclic amines) is 1. The average Bonchev–Trinajstić information content (AvgIpc) is 3.92. The third-order valence-electron chi connectivity index (χ3n) is 12.6. The number of rotatable bonds is 21. The molecule has 1 saturated heterocycles. The molecule has 14 nitrogen and oxygen atoms in total. The van der Waals surface area contributed by atoms with Crippen LogP contribution in [0.4, 0.5) is 4.79 Å². The van der Waals surface area contributed by atoms with Gasteiger partial charge in [-0.15, -0.1) is 0 Å². The van der Waals surface area contributed by atoms with E-state index in [0.29, 0.717) is 24.9 Å². The maximum Gasteiger partial charge on any atom is 0.410 e. The lowest BCUT2D eigenvalue weighted by Crippen LogP contribution is -2.60. The van der Waals surface area contributed by atoms with Crippen molar-refractivity contribution in [3.8, 4) is 0 Å². The van der Waals surface area contributed by atoms with Crippen molar-refractivity contribution in [3.05, 3.63) is 35.9 Å². The van der Waals surface area contributed by atoms with Crippen molar-refractivity contribution in [1.82, 2.24) is 25.3 Å². The minimum Gasteiger partial charge on any atom is -0.446 e. The molecular weight excluding hydrogens is 755 g/mol. The normalized spacial score (nSPS) is 20.5. The monoisotopic (exact) mass is 830 g/mol. The second-order valence-corrected chi connectivity index (χ2v) is 17.6. The Labute approximate surface area is 353 Å². The van der Waals surface area contributed by atoms with Crippen LogP contribution >= 0.6 is 0 Å². The topological polar surface area (TPSA) is 167 Å². The zero-order chi connectivity index (χ0) is 44.1. The minimum atomic E-state index is -0.914. The zero-order valence-electron chi connectivity index (χ0n) is 37.8. The number of methoxy groups -OCH3 is 2. The largest absolute Gasteiger partial charge is 0.446 e. The second-order valence-electron chi connectivity index (χ2n) is 17.6. The Morgan fingerprint density at radius 3 is 2.00 bits per heavy atom. The number of benzene rings is 1. The number of aliphatic hydroxyl groups is 1. The second kappa shape index (κ2) is 23.3. The van der Waals surface area contributed by atoms with Gasteiger partial charge in [-0.05, 0) is 68.8 Å². The molecule has 1 heterocycles. The zero-order valence-corrected chi connectivity index (χ0v) is 37.8. The van der Waals surface area contributed by atoms with Gasteiger partial charge < -0.3 is 39.8 Å². The van der Waals surface area contributed by atoms with Gasteiger partial charge in [-0.3, -0.25) is 24.1 Å². The number of carbonyl (C=O) groups is 5. The molecule has 0 bridgehead atoms. The quantitative estimate of drug-likeness (QED) is 0.149. The molecular formula is C45H75N5O9. The van der Waals surface area contributed by atoms with Crippen LogP contribution in [-0.4, -0.2) is 133 Å². The number of nitrogens with one attached hydrogen (secondary N) is 2. The standard InChI is InChI=1S/C45H75N5O9/c1-13-29(6)39(48(9)44(55)37(27(2)3)47-43(54)38(28(4)5)49(10)45(56)59-33-22-17-18-23-33)35(57-11)26-36(51)50-25-19-24-34(50)41(58-12)30(7)42(53)46-31(8)40(52)32-20-15-14-16-21-32/h14-16,20-21,27-31,33-35,37-41,52H,13,17-19,22-26H2,1-12H3,(H,46,53)(H,47,54)/t29-,30+,31+,34+,35+,37-,38-,39-,40+,41+/m0/s1. The van der Waals surface area contributed by atoms with Gasteiger partial charge in [0.1, 0.15) is 18.2 Å². The molecule has 3 rings (SSSR count). The van der Waals surface area contributed by atoms with Gasteiger partial charge in [0.15, 0.2) is 0 Å². The van der Waals surface area contributed by atoms with Crippen LogP contribution in [0.3, 0.4) is 0 Å². The lowest BCUT2D eigenvalue weighted by Gasteiger charge is -2.41. The van der Waals surface area contributed by atoms with Gasteiger partial charge in [0.25, 0.3) is 0 Å². The third-order valence-corrected chi connectivity index (χ3v) is 12.6. The first-order chi connectivity index (χ1) is 27.9. The van der Waals surface area contributed by atoms with Gasteiger partial charge in [0.2, 0.25) is 23.6 Å². The van der Waals surface area contributed by atoms with Gasteiger partial charge in [-0.2, -0.15) is 0 Å². The molecule has 1 saturated carbocycles. The summed E-state index contributed by atoms with van der Waals surface area (Å²) in [4.78, 5) is 74.1. The molecule has 14 heteroatoms. The van der Waals surface area contributed by atoms with Crippen LogP contribution in [-0.2, 0) is 33.4 Å². The summed E-state index contributed by atoms with van der Waals surface area (Å²) in [5, 5.41) is 16.8. The maximum absolute atomic E-state index is 14.5. The highest BCUT2D eigenvalue weighted by Crippen LogP contribution is 2.30. The molecule has 1 aromatic carbocycles. The van der Waals surface area contributed by atoms with E-state index in [9.17, 15) is 29.1 Å². The van der Waals surface area contributed by atoms with Crippen LogP contribution in [0, 0.1) is 23.7 Å². The van der Waals surface area contributed by atoms with Gasteiger partial charge in [-0.25, -0.2) is 4.79 Å². The number of nitrogens with zero attached hydrogens (tertiary/aromatic N) is 3. The molecule has 0 spiro atoms. The molecule has 2 fully saturated rings. The Morgan fingerprint density at radius 1 is 0.831 bits per heavy atom. The fourth-order valence-electron chi connectivity index (χ4n) is 8.92. The van der Waals surface area contributed by atoms with Crippen LogP contribution in [0.2, 0.25) is 0 Å². The number of likely N-dealkylation sites (N-methyl/N-ethyl adjacent to an activating group) is 2. The molecule has 1 aliphatic heterocycles. The van der Waals surface area contributed by atoms with E-state index >= 15 is 0 Å². The van der Waals surface area contributed by atoms with E-state index in [1.54, 1.807) is 44.9 Å². The summed E-state index contributed by atoms with van der Waals surface area (Å²) in [6.45, 7) is 15.5. The molecule has 0 radical (unpaired) electrons. The van der Waals surface area contributed by atoms with Crippen LogP contribution < -0.4 is 10.6 Å². The Bertz CT molecular complexity index is 1510. The van der Waals surface area contributed by atoms with Crippen molar-refractivity contribution in [2.24, 2.45) is 23.7 Å². The Balaban J connectivity index is 1.76. The van der Waals surface area contributed by atoms with E-state index in [-0.39, 0.29) is 54.0 Å². The van der Waals surface area contributed by atoms with Gasteiger partial charge in [0, 0.05) is 34.9 Å². The summed E-state index contributed by atoms with van der Waals surface area (Å²) in [5.41, 5.74) is 0.699. The highest BCUT2D eigenvalue weighted by Gasteiger charge is 2.44. The maximum atomic E-state index is 14.5. The predicted molar refractivity (Wildman–Crippen MR) is 227 cm³/mol. The lowest BCUT2D eigenvalue weighted by atomic mass is 9.89. The Hall–Kier alpha value is -3.75. The number of amides is 5. The lowest BCUT2D eigenvalue weighted by molar-refractivity contribution is -0.148. The molecule has 0 unspecified atom stereocenters. The van der Waals surface area contributed by atoms with Crippen molar-refractivity contribution in [2.45, 2.75) is 161 Å². The minimum absolute atomic E-state index is 0.0149. The van der Waals surface area contributed by atoms with E-state index < -0.39 is 60.4 Å². The first-order valence-electron chi connectivity index (χ1n) is 21.8. The highest BCUT2D eigenvalue weighted by atomic mass is 16.6. The Kier molecular flexibility index (Phi) is 19.6. The van der Waals surface area contributed by atoms with Crippen molar-refractivity contribution in [1.29, 1.82) is 0 Å². The van der Waals surface area contributed by atoms with Crippen LogP contribution in [0.25, 0.3) is 0 Å². The summed E-state index contributed by atoms with van der Waals surface area (Å²) in [5.74, 6) is -2.48. The van der Waals surface area contributed by atoms with E-state index in [0.717, 1.165) is 32.1 Å². The van der Waals surface area contributed by atoms with Crippen LogP contribution in [0.15, 0.2) is 30.3 Å². The van der Waals surface area contributed by atoms with E-state index in [1.165, 1.54) is 12.0 Å². The molecule has 334 valence electrons. The summed E-state index contributed by atoms with van der Waals surface area (Å²) in [7, 11) is 6.34. The highest BCUT2D eigenvalue weighted by molar-refractivity contribution is 5.91. The van der Waals surface area contributed by atoms with Crippen molar-refractivity contribution >= 4 is 29.7 Å². The molecule has 0 aromatic heterocycles. The molecule has 1 aliphatic carbocycles. The smallest absolute Gasteiger partial charge is 0.410 e. The molecule has 1 aromatic rings. The van der Waals surface area contributed by atoms with Gasteiger partial charge in [-0.1, -0.05) is 85.2 Å². The van der Waals surface area contributed by atoms with Crippen molar-refractivity contribution in [2.75, 3.05) is 34.9 Å². The number of ether oxygens (including phenoxy) is 3. The predicted octanol–water partition coefficient (Wildman–Crippen LogP) is 5.32. The number of hydrogen-bond donors (Lipinski definition) is 3. The first kappa shape index (κ1) is 49.6. The number of carbonyl (C=O) groups excluding carboxylic acids is 5. The van der Waals surface area contributed by atoms with Gasteiger partial charge >= 0.3 is 6.09 Å². The van der Waals surface area contributed by atoms with Crippen molar-refractivity contribution in [3.63, 3.8) is 0 Å². The summed E-state index contributed by atoms with van der Waals surface area (Å²) in [6, 6.07) is 5.93. The number of hydrogen-bond acceptors (Lipinski definition) is 9. The van der Waals surface area contributed by atoms with Crippen LogP contribution in [0.5, 0.6) is 0 Å². The molecule has 10 atom stereocenters. The number of aliphatic hydroxyl groups excluding tert-OH is 1. The fourth-order valence-corrected chi connectivity index (χ4v) is 8.92. The molecule has 59 heavy (non-hydrogen) atoms. The van der Waals surface area contributed by atoms with Crippen molar-refractivity contribution < 1.29 is 43.3 Å². The van der Waals surface area contributed by atoms with E-state index in [1.807, 2.05) is 71.9 Å². The summed E-state index contributed by atoms with van der Waals surface area (Å²) >= 11 is 0. The van der Waals surface area contributed by atoms with Gasteiger partial charge in [0.05, 0.1) is 48.8 Å². The summed E-state index contributed by atoms with van der Waals surface area (Å²) in [6.07, 6.45) is 2.81. The fraction of sp³-hybridized carbons (Fsp3) is 0.756. The van der Waals surface area contributed by atoms with E-state index in [4.69, 9.17) is 14.2 Å². The molecule has 3 N–H and O–H groups in total. The summed E-state index contributed by atoms with van der Waals surface area (Å²) < 4.78 is 17.7. The average molecular weight is 830 g/mol. The third kappa shape index (κ3) is 12.9. The first-order valence-corrected chi connectivity index (χ1v) is 21.8. The SMILES string of the molecule is CC[C@H](C)[C@@H]([C@@H](CC(=O)N1CCC[C@@H]1[C@H](OC)[C@@H](C)C(=O)N[C@H](C)[C@@H](O)c1ccccc1)OC)N(C)C(=O)[C@@H](NC(=O)[C@H](C(C)C)N(C)C(=O)OC1CCCC1)C(C)C.